The van der Waals surface area contributed by atoms with Crippen LogP contribution in [0.25, 0.3) is 0 Å². The van der Waals surface area contributed by atoms with Gasteiger partial charge < -0.3 is 14.9 Å². The first-order valence-electron chi connectivity index (χ1n) is 9.45. The van der Waals surface area contributed by atoms with Crippen LogP contribution in [-0.2, 0) is 4.79 Å². The Morgan fingerprint density at radius 1 is 1.28 bits per heavy atom. The van der Waals surface area contributed by atoms with Crippen molar-refractivity contribution in [3.8, 4) is 0 Å². The van der Waals surface area contributed by atoms with Crippen LogP contribution in [-0.4, -0.2) is 69.1 Å². The lowest BCUT2D eigenvalue weighted by Gasteiger charge is -2.37. The molecule has 2 aliphatic rings. The molecule has 0 spiro atoms. The minimum atomic E-state index is -0.670. The van der Waals surface area contributed by atoms with Crippen molar-refractivity contribution < 1.29 is 9.90 Å². The molecular weight excluding hydrogens is 316 g/mol. The maximum Gasteiger partial charge on any atom is 0.219 e. The van der Waals surface area contributed by atoms with Crippen molar-refractivity contribution in [1.82, 2.24) is 19.8 Å². The summed E-state index contributed by atoms with van der Waals surface area (Å²) in [6.45, 7) is 7.71. The van der Waals surface area contributed by atoms with Gasteiger partial charge in [0.15, 0.2) is 0 Å². The smallest absolute Gasteiger partial charge is 0.219 e. The summed E-state index contributed by atoms with van der Waals surface area (Å²) < 4.78 is 0. The number of hydrogen-bond donors (Lipinski definition) is 1. The van der Waals surface area contributed by atoms with E-state index in [1.165, 1.54) is 0 Å². The van der Waals surface area contributed by atoms with Crippen molar-refractivity contribution in [3.63, 3.8) is 0 Å². The zero-order chi connectivity index (χ0) is 17.9. The van der Waals surface area contributed by atoms with E-state index in [-0.39, 0.29) is 5.91 Å². The fourth-order valence-electron chi connectivity index (χ4n) is 4.08. The number of carbonyl (C=O) groups excluding carboxylic acids is 1. The highest BCUT2D eigenvalue weighted by atomic mass is 16.3. The maximum absolute atomic E-state index is 11.6. The fraction of sp³-hybridized carbons (Fsp3) is 0.737. The van der Waals surface area contributed by atoms with E-state index in [4.69, 9.17) is 0 Å². The number of nitrogens with zero attached hydrogens (tertiary/aromatic N) is 4. The monoisotopic (exact) mass is 346 g/mol. The van der Waals surface area contributed by atoms with Crippen molar-refractivity contribution in [2.75, 3.05) is 32.7 Å². The summed E-state index contributed by atoms with van der Waals surface area (Å²) in [5.74, 6) is 1.50. The van der Waals surface area contributed by atoms with Gasteiger partial charge >= 0.3 is 0 Å². The van der Waals surface area contributed by atoms with E-state index in [1.807, 2.05) is 24.1 Å². The van der Waals surface area contributed by atoms with Gasteiger partial charge in [-0.3, -0.25) is 4.79 Å². The number of carbonyl (C=O) groups is 1. The minimum absolute atomic E-state index is 0.114. The van der Waals surface area contributed by atoms with Crippen LogP contribution in [0.2, 0.25) is 0 Å². The topological polar surface area (TPSA) is 69.6 Å². The zero-order valence-corrected chi connectivity index (χ0v) is 15.4. The number of hydrogen-bond acceptors (Lipinski definition) is 5. The predicted octanol–water partition coefficient (Wildman–Crippen LogP) is 1.73. The molecule has 1 aromatic rings. The molecule has 1 N–H and O–H groups in total. The number of likely N-dealkylation sites (tertiary alicyclic amines) is 2. The van der Waals surface area contributed by atoms with Crippen LogP contribution in [0.1, 0.15) is 56.5 Å². The lowest BCUT2D eigenvalue weighted by Crippen LogP contribution is -2.46. The van der Waals surface area contributed by atoms with Crippen molar-refractivity contribution in [2.45, 2.75) is 57.5 Å². The summed E-state index contributed by atoms with van der Waals surface area (Å²) in [5, 5.41) is 11.0. The molecule has 0 aromatic carbocycles. The molecule has 0 bridgehead atoms. The summed E-state index contributed by atoms with van der Waals surface area (Å²) in [6, 6.07) is 1.94. The summed E-state index contributed by atoms with van der Waals surface area (Å²) in [7, 11) is 0. The molecule has 0 radical (unpaired) electrons. The Labute approximate surface area is 150 Å². The first-order valence-corrected chi connectivity index (χ1v) is 9.45. The van der Waals surface area contributed by atoms with E-state index in [1.54, 1.807) is 6.92 Å². The zero-order valence-electron chi connectivity index (χ0n) is 15.4. The molecule has 3 heterocycles. The van der Waals surface area contributed by atoms with Crippen LogP contribution in [0.5, 0.6) is 0 Å². The van der Waals surface area contributed by atoms with E-state index >= 15 is 0 Å². The Morgan fingerprint density at radius 2 is 2.04 bits per heavy atom. The minimum Gasteiger partial charge on any atom is -0.388 e. The third-order valence-corrected chi connectivity index (χ3v) is 5.65. The largest absolute Gasteiger partial charge is 0.388 e. The van der Waals surface area contributed by atoms with Gasteiger partial charge in [-0.15, -0.1) is 0 Å². The number of piperidine rings is 1. The van der Waals surface area contributed by atoms with E-state index in [0.717, 1.165) is 56.8 Å². The Bertz CT molecular complexity index is 601. The second-order valence-electron chi connectivity index (χ2n) is 7.69. The van der Waals surface area contributed by atoms with E-state index < -0.39 is 5.60 Å². The molecular formula is C19H30N4O2. The van der Waals surface area contributed by atoms with Crippen LogP contribution in [0.4, 0.5) is 0 Å². The van der Waals surface area contributed by atoms with E-state index in [2.05, 4.69) is 14.9 Å². The molecule has 1 aromatic heterocycles. The fourth-order valence-corrected chi connectivity index (χ4v) is 4.08. The number of β-amino-alcohol motifs (C(OH)–C–C–N with tert-alkyl or cyclic N) is 1. The van der Waals surface area contributed by atoms with Gasteiger partial charge in [-0.25, -0.2) is 9.97 Å². The first kappa shape index (κ1) is 18.3. The molecule has 2 aliphatic heterocycles. The van der Waals surface area contributed by atoms with E-state index in [9.17, 15) is 9.90 Å². The molecule has 1 atom stereocenters. The van der Waals surface area contributed by atoms with Crippen LogP contribution in [0, 0.1) is 6.92 Å². The number of aryl methyl sites for hydroxylation is 1. The molecule has 0 saturated carbocycles. The van der Waals surface area contributed by atoms with Crippen molar-refractivity contribution in [1.29, 1.82) is 0 Å². The SMILES string of the molecule is CC(=O)N1CCCC(O)(CN2CCC(c3nccc(C)n3)CC2)CC1. The Hall–Kier alpha value is -1.53. The van der Waals surface area contributed by atoms with Crippen molar-refractivity contribution in [2.24, 2.45) is 0 Å². The molecule has 25 heavy (non-hydrogen) atoms. The highest BCUT2D eigenvalue weighted by Crippen LogP contribution is 2.29. The maximum atomic E-state index is 11.6. The van der Waals surface area contributed by atoms with Crippen molar-refractivity contribution >= 4 is 5.91 Å². The first-order chi connectivity index (χ1) is 12.0. The molecule has 6 nitrogen and oxygen atoms in total. The predicted molar refractivity (Wildman–Crippen MR) is 96.2 cm³/mol. The highest BCUT2D eigenvalue weighted by molar-refractivity contribution is 5.73. The molecule has 1 unspecified atom stereocenters. The highest BCUT2D eigenvalue weighted by Gasteiger charge is 2.34. The molecule has 2 fully saturated rings. The van der Waals surface area contributed by atoms with Gasteiger partial charge in [0.1, 0.15) is 5.82 Å². The van der Waals surface area contributed by atoms with Crippen LogP contribution in [0.3, 0.4) is 0 Å². The molecule has 1 amide bonds. The van der Waals surface area contributed by atoms with Crippen LogP contribution >= 0.6 is 0 Å². The molecule has 2 saturated heterocycles. The molecule has 6 heteroatoms. The van der Waals surface area contributed by atoms with Crippen molar-refractivity contribution in [3.05, 3.63) is 23.8 Å². The van der Waals surface area contributed by atoms with Crippen LogP contribution in [0.15, 0.2) is 12.3 Å². The Balaban J connectivity index is 1.52. The van der Waals surface area contributed by atoms with Gasteiger partial charge in [-0.2, -0.15) is 0 Å². The third-order valence-electron chi connectivity index (χ3n) is 5.65. The van der Waals surface area contributed by atoms with Crippen LogP contribution < -0.4 is 0 Å². The summed E-state index contributed by atoms with van der Waals surface area (Å²) >= 11 is 0. The van der Waals surface area contributed by atoms with Gasteiger partial charge in [0.25, 0.3) is 0 Å². The Kier molecular flexibility index (Phi) is 5.69. The number of rotatable bonds is 3. The van der Waals surface area contributed by atoms with Gasteiger partial charge in [0.2, 0.25) is 5.91 Å². The molecule has 3 rings (SSSR count). The normalized spacial score (nSPS) is 26.4. The number of amides is 1. The van der Waals surface area contributed by atoms with Gasteiger partial charge in [-0.05, 0) is 58.2 Å². The second-order valence-corrected chi connectivity index (χ2v) is 7.69. The summed E-state index contributed by atoms with van der Waals surface area (Å²) in [4.78, 5) is 24.8. The number of aliphatic hydroxyl groups is 1. The van der Waals surface area contributed by atoms with E-state index in [0.29, 0.717) is 25.4 Å². The van der Waals surface area contributed by atoms with Gasteiger partial charge in [0, 0.05) is 44.4 Å². The average molecular weight is 346 g/mol. The Morgan fingerprint density at radius 3 is 2.72 bits per heavy atom. The average Bonchev–Trinajstić information content (AvgIpc) is 2.77. The standard InChI is InChI=1S/C19H30N4O2/c1-15-4-9-20-18(21-15)17-5-11-22(12-6-17)14-19(25)7-3-10-23(13-8-19)16(2)24/h4,9,17,25H,3,5-8,10-14H2,1-2H3. The summed E-state index contributed by atoms with van der Waals surface area (Å²) in [6.07, 6.45) is 6.26. The molecule has 0 aliphatic carbocycles. The lowest BCUT2D eigenvalue weighted by molar-refractivity contribution is -0.129. The summed E-state index contributed by atoms with van der Waals surface area (Å²) in [5.41, 5.74) is 0.354. The van der Waals surface area contributed by atoms with Gasteiger partial charge in [-0.1, -0.05) is 0 Å². The lowest BCUT2D eigenvalue weighted by atomic mass is 9.91. The quantitative estimate of drug-likeness (QED) is 0.903. The second kappa shape index (κ2) is 7.79. The number of aromatic nitrogens is 2. The van der Waals surface area contributed by atoms with Gasteiger partial charge in [0.05, 0.1) is 5.60 Å². The molecule has 138 valence electrons. The third kappa shape index (κ3) is 4.76.